The van der Waals surface area contributed by atoms with E-state index in [1.807, 2.05) is 30.3 Å². The third-order valence-electron chi connectivity index (χ3n) is 3.95. The van der Waals surface area contributed by atoms with E-state index in [2.05, 4.69) is 27.3 Å². The summed E-state index contributed by atoms with van der Waals surface area (Å²) < 4.78 is 11.4. The van der Waals surface area contributed by atoms with Crippen molar-refractivity contribution in [2.75, 3.05) is 26.9 Å². The molecule has 0 bridgehead atoms. The number of amides is 1. The average molecular weight is 476 g/mol. The smallest absolute Gasteiger partial charge is 0.261 e. The molecule has 0 saturated heterocycles. The molecule has 1 N–H and O–H groups in total. The number of benzene rings is 2. The highest BCUT2D eigenvalue weighted by molar-refractivity contribution is 9.10. The van der Waals surface area contributed by atoms with Gasteiger partial charge < -0.3 is 14.4 Å². The molecular weight excluding hydrogens is 454 g/mol. The number of ether oxygens (including phenoxy) is 2. The summed E-state index contributed by atoms with van der Waals surface area (Å²) in [5, 5.41) is 12.0. The zero-order valence-electron chi connectivity index (χ0n) is 16.1. The summed E-state index contributed by atoms with van der Waals surface area (Å²) in [6.45, 7) is 1.65. The first-order valence-electron chi connectivity index (χ1n) is 8.97. The number of halogens is 1. The van der Waals surface area contributed by atoms with Crippen molar-refractivity contribution in [3.05, 3.63) is 64.1 Å². The maximum atomic E-state index is 12.9. The zero-order chi connectivity index (χ0) is 21.1. The molecule has 0 aliphatic heterocycles. The minimum atomic E-state index is -0.376. The number of nitrogens with zero attached hydrogens (tertiary/aromatic N) is 2. The fourth-order valence-corrected chi connectivity index (χ4v) is 3.13. The second-order valence-corrected chi connectivity index (χ2v) is 7.36. The van der Waals surface area contributed by atoms with Crippen LogP contribution in [-0.2, 0) is 11.3 Å². The summed E-state index contributed by atoms with van der Waals surface area (Å²) in [6, 6.07) is 17.1. The lowest BCUT2D eigenvalue weighted by Gasteiger charge is -2.25. The highest BCUT2D eigenvalue weighted by Gasteiger charge is 2.18. The lowest BCUT2D eigenvalue weighted by Crippen LogP contribution is -2.42. The van der Waals surface area contributed by atoms with Crippen LogP contribution in [0.15, 0.2) is 53.0 Å². The summed E-state index contributed by atoms with van der Waals surface area (Å²) in [4.78, 5) is 14.7. The Morgan fingerprint density at radius 2 is 2.00 bits per heavy atom. The van der Waals surface area contributed by atoms with Crippen LogP contribution in [0.4, 0.5) is 0 Å². The number of nitriles is 1. The lowest BCUT2D eigenvalue weighted by molar-refractivity contribution is 0.0965. The van der Waals surface area contributed by atoms with Gasteiger partial charge in [0.25, 0.3) is 5.91 Å². The van der Waals surface area contributed by atoms with Crippen molar-refractivity contribution in [3.63, 3.8) is 0 Å². The number of carbonyl (C=O) groups excluding carboxylic acids is 1. The minimum absolute atomic E-state index is 0.261. The molecule has 0 radical (unpaired) electrons. The van der Waals surface area contributed by atoms with Gasteiger partial charge in [0.05, 0.1) is 24.7 Å². The summed E-state index contributed by atoms with van der Waals surface area (Å²) in [7, 11) is 1.58. The van der Waals surface area contributed by atoms with Crippen molar-refractivity contribution >= 4 is 39.2 Å². The third-order valence-corrected chi connectivity index (χ3v) is 4.80. The molecule has 0 aromatic heterocycles. The van der Waals surface area contributed by atoms with E-state index < -0.39 is 0 Å². The molecule has 0 spiro atoms. The van der Waals surface area contributed by atoms with E-state index in [4.69, 9.17) is 27.0 Å². The molecule has 8 heteroatoms. The van der Waals surface area contributed by atoms with Crippen molar-refractivity contribution in [3.8, 4) is 11.8 Å². The van der Waals surface area contributed by atoms with Gasteiger partial charge >= 0.3 is 0 Å². The van der Waals surface area contributed by atoms with Crippen LogP contribution in [0, 0.1) is 11.3 Å². The zero-order valence-corrected chi connectivity index (χ0v) is 18.5. The number of methoxy groups -OCH3 is 1. The molecular formula is C21H22BrN3O3S. The first-order valence-corrected chi connectivity index (χ1v) is 10.2. The number of nitrogens with one attached hydrogen (secondary N) is 1. The van der Waals surface area contributed by atoms with Gasteiger partial charge in [0.1, 0.15) is 12.4 Å². The van der Waals surface area contributed by atoms with E-state index >= 15 is 0 Å². The molecule has 2 aromatic carbocycles. The van der Waals surface area contributed by atoms with Crippen molar-refractivity contribution in [1.82, 2.24) is 10.2 Å². The van der Waals surface area contributed by atoms with Gasteiger partial charge in [-0.05, 0) is 36.0 Å². The average Bonchev–Trinajstić information content (AvgIpc) is 2.72. The molecule has 2 rings (SSSR count). The van der Waals surface area contributed by atoms with Crippen LogP contribution in [0.1, 0.15) is 22.3 Å². The molecule has 0 aliphatic carbocycles. The van der Waals surface area contributed by atoms with Crippen molar-refractivity contribution in [1.29, 1.82) is 5.26 Å². The number of rotatable bonds is 9. The Morgan fingerprint density at radius 1 is 1.24 bits per heavy atom. The SMILES string of the molecule is COCCOc1ccc(Br)cc1C(=O)NC(=S)N(CCC#N)Cc1ccccc1. The summed E-state index contributed by atoms with van der Waals surface area (Å²) >= 11 is 8.84. The van der Waals surface area contributed by atoms with Gasteiger partial charge in [-0.2, -0.15) is 5.26 Å². The van der Waals surface area contributed by atoms with Gasteiger partial charge in [0.15, 0.2) is 5.11 Å². The quantitative estimate of drug-likeness (QED) is 0.437. The van der Waals surface area contributed by atoms with Gasteiger partial charge in [-0.15, -0.1) is 0 Å². The fourth-order valence-electron chi connectivity index (χ4n) is 2.53. The maximum absolute atomic E-state index is 12.9. The number of carbonyl (C=O) groups is 1. The van der Waals surface area contributed by atoms with Gasteiger partial charge in [-0.3, -0.25) is 10.1 Å². The molecule has 0 unspecified atom stereocenters. The Bertz CT molecular complexity index is 871. The topological polar surface area (TPSA) is 74.6 Å². The first-order chi connectivity index (χ1) is 14.0. The van der Waals surface area contributed by atoms with Crippen LogP contribution in [0.2, 0.25) is 0 Å². The minimum Gasteiger partial charge on any atom is -0.490 e. The van der Waals surface area contributed by atoms with E-state index in [0.29, 0.717) is 44.0 Å². The molecule has 0 fully saturated rings. The fraction of sp³-hybridized carbons (Fsp3) is 0.286. The van der Waals surface area contributed by atoms with Crippen molar-refractivity contribution in [2.24, 2.45) is 0 Å². The van der Waals surface area contributed by atoms with E-state index in [0.717, 1.165) is 10.0 Å². The molecule has 0 aliphatic rings. The summed E-state index contributed by atoms with van der Waals surface area (Å²) in [5.74, 6) is 0.0657. The second kappa shape index (κ2) is 12.2. The Hall–Kier alpha value is -2.47. The maximum Gasteiger partial charge on any atom is 0.261 e. The predicted molar refractivity (Wildman–Crippen MR) is 119 cm³/mol. The van der Waals surface area contributed by atoms with Crippen LogP contribution in [0.3, 0.4) is 0 Å². The standard InChI is InChI=1S/C21H22BrN3O3S/c1-27-12-13-28-19-9-8-17(22)14-18(19)20(26)24-21(29)25(11-5-10-23)15-16-6-3-2-4-7-16/h2-4,6-9,14H,5,11-13,15H2,1H3,(H,24,26,29). The molecule has 152 valence electrons. The van der Waals surface area contributed by atoms with E-state index in [9.17, 15) is 4.79 Å². The predicted octanol–water partition coefficient (Wildman–Crippen LogP) is 3.90. The van der Waals surface area contributed by atoms with Gasteiger partial charge in [-0.1, -0.05) is 46.3 Å². The molecule has 0 saturated carbocycles. The van der Waals surface area contributed by atoms with Crippen LogP contribution < -0.4 is 10.1 Å². The Balaban J connectivity index is 2.13. The van der Waals surface area contributed by atoms with Gasteiger partial charge in [0, 0.05) is 24.7 Å². The molecule has 6 nitrogen and oxygen atoms in total. The van der Waals surface area contributed by atoms with Crippen LogP contribution in [0.5, 0.6) is 5.75 Å². The summed E-state index contributed by atoms with van der Waals surface area (Å²) in [5.41, 5.74) is 1.39. The number of thiocarbonyl (C=S) groups is 1. The van der Waals surface area contributed by atoms with Crippen LogP contribution in [-0.4, -0.2) is 42.8 Å². The normalized spacial score (nSPS) is 10.1. The first kappa shape index (κ1) is 22.8. The Morgan fingerprint density at radius 3 is 2.69 bits per heavy atom. The van der Waals surface area contributed by atoms with Crippen LogP contribution >= 0.6 is 28.1 Å². The van der Waals surface area contributed by atoms with Crippen LogP contribution in [0.25, 0.3) is 0 Å². The molecule has 0 atom stereocenters. The lowest BCUT2D eigenvalue weighted by atomic mass is 10.2. The Kier molecular flexibility index (Phi) is 9.57. The number of hydrogen-bond donors (Lipinski definition) is 1. The van der Waals surface area contributed by atoms with Gasteiger partial charge in [-0.25, -0.2) is 0 Å². The molecule has 1 amide bonds. The summed E-state index contributed by atoms with van der Waals surface area (Å²) in [6.07, 6.45) is 0.297. The van der Waals surface area contributed by atoms with E-state index in [-0.39, 0.29) is 11.0 Å². The largest absolute Gasteiger partial charge is 0.490 e. The van der Waals surface area contributed by atoms with E-state index in [1.54, 1.807) is 30.2 Å². The highest BCUT2D eigenvalue weighted by atomic mass is 79.9. The van der Waals surface area contributed by atoms with Gasteiger partial charge in [0.2, 0.25) is 0 Å². The van der Waals surface area contributed by atoms with Crippen molar-refractivity contribution < 1.29 is 14.3 Å². The number of hydrogen-bond acceptors (Lipinski definition) is 5. The molecule has 2 aromatic rings. The monoisotopic (exact) mass is 475 g/mol. The third kappa shape index (κ3) is 7.46. The van der Waals surface area contributed by atoms with E-state index in [1.165, 1.54) is 0 Å². The highest BCUT2D eigenvalue weighted by Crippen LogP contribution is 2.23. The molecule has 29 heavy (non-hydrogen) atoms. The second-order valence-electron chi connectivity index (χ2n) is 6.06. The Labute approximate surface area is 184 Å². The molecule has 0 heterocycles. The van der Waals surface area contributed by atoms with Crippen molar-refractivity contribution in [2.45, 2.75) is 13.0 Å².